The van der Waals surface area contributed by atoms with Crippen molar-refractivity contribution in [2.45, 2.75) is 18.8 Å². The molecule has 1 aliphatic carbocycles. The molecule has 0 aromatic heterocycles. The third kappa shape index (κ3) is 1.54. The number of hydrogen-bond donors (Lipinski definition) is 1. The Labute approximate surface area is 78.7 Å². The van der Waals surface area contributed by atoms with Gasteiger partial charge in [-0.2, -0.15) is 0 Å². The van der Waals surface area contributed by atoms with Gasteiger partial charge in [-0.25, -0.2) is 0 Å². The average molecular weight is 177 g/mol. The summed E-state index contributed by atoms with van der Waals surface area (Å²) in [5, 5.41) is 0. The predicted octanol–water partition coefficient (Wildman–Crippen LogP) is 1.95. The van der Waals surface area contributed by atoms with Crippen molar-refractivity contribution in [2.24, 2.45) is 0 Å². The van der Waals surface area contributed by atoms with Gasteiger partial charge in [-0.05, 0) is 36.1 Å². The monoisotopic (exact) mass is 177 g/mol. The Morgan fingerprint density at radius 1 is 1.54 bits per heavy atom. The Kier molecular flexibility index (Phi) is 2.23. The summed E-state index contributed by atoms with van der Waals surface area (Å²) in [5.74, 6) is 0.584. The lowest BCUT2D eigenvalue weighted by Gasteiger charge is -2.09. The molecule has 0 spiro atoms. The first-order valence-electron chi connectivity index (χ1n) is 4.68. The van der Waals surface area contributed by atoms with Crippen LogP contribution in [-0.4, -0.2) is 13.7 Å². The van der Waals surface area contributed by atoms with Crippen LogP contribution in [0, 0.1) is 0 Å². The number of benzene rings is 1. The summed E-state index contributed by atoms with van der Waals surface area (Å²) in [5.41, 5.74) is 9.42. The van der Waals surface area contributed by atoms with Gasteiger partial charge in [0.25, 0.3) is 0 Å². The van der Waals surface area contributed by atoms with Crippen LogP contribution in [0.1, 0.15) is 23.5 Å². The zero-order valence-corrected chi connectivity index (χ0v) is 7.92. The molecular weight excluding hydrogens is 162 g/mol. The average Bonchev–Trinajstić information content (AvgIpc) is 2.49. The van der Waals surface area contributed by atoms with Gasteiger partial charge in [-0.3, -0.25) is 0 Å². The summed E-state index contributed by atoms with van der Waals surface area (Å²) in [6.45, 7) is 0.830. The number of nitrogen functional groups attached to an aromatic ring is 1. The number of ether oxygens (including phenoxy) is 1. The zero-order chi connectivity index (χ0) is 9.26. The second-order valence-electron chi connectivity index (χ2n) is 3.65. The molecule has 0 radical (unpaired) electrons. The minimum atomic E-state index is 0.584. The summed E-state index contributed by atoms with van der Waals surface area (Å²) in [6, 6.07) is 6.21. The molecule has 0 aliphatic heterocycles. The van der Waals surface area contributed by atoms with Crippen molar-refractivity contribution >= 4 is 5.69 Å². The van der Waals surface area contributed by atoms with Crippen LogP contribution in [0.5, 0.6) is 0 Å². The van der Waals surface area contributed by atoms with E-state index in [9.17, 15) is 0 Å². The number of aryl methyl sites for hydroxylation is 1. The van der Waals surface area contributed by atoms with E-state index in [-0.39, 0.29) is 0 Å². The lowest BCUT2D eigenvalue weighted by atomic mass is 10.0. The molecule has 0 saturated heterocycles. The fourth-order valence-corrected chi connectivity index (χ4v) is 2.10. The molecule has 2 N–H and O–H groups in total. The molecule has 0 amide bonds. The number of hydrogen-bond acceptors (Lipinski definition) is 2. The first kappa shape index (κ1) is 8.57. The highest BCUT2D eigenvalue weighted by molar-refractivity contribution is 5.47. The predicted molar refractivity (Wildman–Crippen MR) is 53.8 cm³/mol. The van der Waals surface area contributed by atoms with Gasteiger partial charge in [-0.1, -0.05) is 6.07 Å². The van der Waals surface area contributed by atoms with Gasteiger partial charge in [0, 0.05) is 18.7 Å². The topological polar surface area (TPSA) is 35.2 Å². The van der Waals surface area contributed by atoms with E-state index in [1.165, 1.54) is 17.5 Å². The highest BCUT2D eigenvalue weighted by atomic mass is 16.5. The van der Waals surface area contributed by atoms with Gasteiger partial charge in [0.05, 0.1) is 6.61 Å². The van der Waals surface area contributed by atoms with Crippen LogP contribution in [0.2, 0.25) is 0 Å². The van der Waals surface area contributed by atoms with E-state index in [1.807, 2.05) is 6.07 Å². The summed E-state index contributed by atoms with van der Waals surface area (Å²) in [6.07, 6.45) is 2.35. The van der Waals surface area contributed by atoms with E-state index in [4.69, 9.17) is 10.5 Å². The van der Waals surface area contributed by atoms with Crippen LogP contribution in [0.3, 0.4) is 0 Å². The first-order valence-corrected chi connectivity index (χ1v) is 4.68. The molecule has 0 fully saturated rings. The van der Waals surface area contributed by atoms with Gasteiger partial charge in [0.2, 0.25) is 0 Å². The van der Waals surface area contributed by atoms with E-state index in [2.05, 4.69) is 12.1 Å². The summed E-state index contributed by atoms with van der Waals surface area (Å²) in [4.78, 5) is 0. The Morgan fingerprint density at radius 2 is 2.38 bits per heavy atom. The fraction of sp³-hybridized carbons (Fsp3) is 0.455. The van der Waals surface area contributed by atoms with E-state index >= 15 is 0 Å². The van der Waals surface area contributed by atoms with Crippen molar-refractivity contribution in [1.82, 2.24) is 0 Å². The lowest BCUT2D eigenvalue weighted by molar-refractivity contribution is 0.179. The molecule has 1 aliphatic rings. The van der Waals surface area contributed by atoms with Crippen molar-refractivity contribution < 1.29 is 4.74 Å². The Balaban J connectivity index is 2.27. The summed E-state index contributed by atoms with van der Waals surface area (Å²) >= 11 is 0. The van der Waals surface area contributed by atoms with Crippen molar-refractivity contribution in [1.29, 1.82) is 0 Å². The molecule has 70 valence electrons. The van der Waals surface area contributed by atoms with E-state index < -0.39 is 0 Å². The molecule has 1 atom stereocenters. The zero-order valence-electron chi connectivity index (χ0n) is 7.92. The van der Waals surface area contributed by atoms with E-state index in [0.29, 0.717) is 5.92 Å². The molecule has 13 heavy (non-hydrogen) atoms. The van der Waals surface area contributed by atoms with Crippen LogP contribution < -0.4 is 5.73 Å². The quantitative estimate of drug-likeness (QED) is 0.701. The molecule has 1 aromatic carbocycles. The highest BCUT2D eigenvalue weighted by Gasteiger charge is 2.21. The molecule has 0 heterocycles. The number of methoxy groups -OCH3 is 1. The maximum Gasteiger partial charge on any atom is 0.0531 e. The van der Waals surface area contributed by atoms with Gasteiger partial charge in [0.15, 0.2) is 0 Å². The number of fused-ring (bicyclic) bond motifs is 1. The Hall–Kier alpha value is -1.02. The van der Waals surface area contributed by atoms with Crippen LogP contribution in [0.4, 0.5) is 5.69 Å². The third-order valence-corrected chi connectivity index (χ3v) is 2.74. The summed E-state index contributed by atoms with van der Waals surface area (Å²) in [7, 11) is 1.76. The van der Waals surface area contributed by atoms with Gasteiger partial charge in [-0.15, -0.1) is 0 Å². The number of rotatable bonds is 2. The molecule has 0 saturated carbocycles. The SMILES string of the molecule is COCC1CCc2cc(N)ccc21. The first-order chi connectivity index (χ1) is 6.31. The Morgan fingerprint density at radius 3 is 3.15 bits per heavy atom. The van der Waals surface area contributed by atoms with Crippen molar-refractivity contribution in [2.75, 3.05) is 19.5 Å². The standard InChI is InChI=1S/C11H15NO/c1-13-7-9-3-2-8-6-10(12)4-5-11(8)9/h4-6,9H,2-3,7,12H2,1H3. The van der Waals surface area contributed by atoms with Crippen molar-refractivity contribution in [3.05, 3.63) is 29.3 Å². The minimum absolute atomic E-state index is 0.584. The number of anilines is 1. The summed E-state index contributed by atoms with van der Waals surface area (Å²) < 4.78 is 5.18. The van der Waals surface area contributed by atoms with Crippen molar-refractivity contribution in [3.63, 3.8) is 0 Å². The molecule has 2 nitrogen and oxygen atoms in total. The molecule has 0 bridgehead atoms. The maximum absolute atomic E-state index is 5.72. The van der Waals surface area contributed by atoms with Gasteiger partial charge in [0.1, 0.15) is 0 Å². The normalized spacial score (nSPS) is 20.2. The second kappa shape index (κ2) is 3.38. The lowest BCUT2D eigenvalue weighted by Crippen LogP contribution is -2.01. The third-order valence-electron chi connectivity index (χ3n) is 2.74. The molecule has 2 heteroatoms. The van der Waals surface area contributed by atoms with E-state index in [0.717, 1.165) is 18.7 Å². The number of nitrogens with two attached hydrogens (primary N) is 1. The fourth-order valence-electron chi connectivity index (χ4n) is 2.10. The van der Waals surface area contributed by atoms with Crippen LogP contribution >= 0.6 is 0 Å². The Bertz CT molecular complexity index is 309. The van der Waals surface area contributed by atoms with Gasteiger partial charge >= 0.3 is 0 Å². The minimum Gasteiger partial charge on any atom is -0.399 e. The smallest absolute Gasteiger partial charge is 0.0531 e. The van der Waals surface area contributed by atoms with Gasteiger partial charge < -0.3 is 10.5 Å². The molecule has 1 unspecified atom stereocenters. The largest absolute Gasteiger partial charge is 0.399 e. The molecular formula is C11H15NO. The van der Waals surface area contributed by atoms with Crippen molar-refractivity contribution in [3.8, 4) is 0 Å². The van der Waals surface area contributed by atoms with Crippen LogP contribution in [0.15, 0.2) is 18.2 Å². The molecule has 1 aromatic rings. The second-order valence-corrected chi connectivity index (χ2v) is 3.65. The highest BCUT2D eigenvalue weighted by Crippen LogP contribution is 2.33. The maximum atomic E-state index is 5.72. The van der Waals surface area contributed by atoms with Crippen LogP contribution in [-0.2, 0) is 11.2 Å². The van der Waals surface area contributed by atoms with Crippen LogP contribution in [0.25, 0.3) is 0 Å². The molecule has 2 rings (SSSR count). The van der Waals surface area contributed by atoms with E-state index in [1.54, 1.807) is 7.11 Å².